The Morgan fingerprint density at radius 2 is 1.81 bits per heavy atom. The number of halogens is 1. The lowest BCUT2D eigenvalue weighted by Gasteiger charge is -2.14. The second kappa shape index (κ2) is 11.3. The van der Waals surface area contributed by atoms with Crippen molar-refractivity contribution in [3.8, 4) is 5.75 Å². The third-order valence-electron chi connectivity index (χ3n) is 5.21. The zero-order valence-electron chi connectivity index (χ0n) is 20.2. The summed E-state index contributed by atoms with van der Waals surface area (Å²) in [5, 5.41) is 11.0. The first-order valence-corrected chi connectivity index (χ1v) is 11.3. The summed E-state index contributed by atoms with van der Waals surface area (Å²) >= 11 is 0. The third-order valence-corrected chi connectivity index (χ3v) is 5.21. The van der Waals surface area contributed by atoms with Crippen LogP contribution < -0.4 is 20.7 Å². The van der Waals surface area contributed by atoms with Crippen LogP contribution in [-0.2, 0) is 4.79 Å². The van der Waals surface area contributed by atoms with E-state index in [0.29, 0.717) is 29.4 Å². The van der Waals surface area contributed by atoms with Crippen LogP contribution in [0, 0.1) is 5.82 Å². The van der Waals surface area contributed by atoms with Crippen LogP contribution in [-0.4, -0.2) is 48.5 Å². The summed E-state index contributed by atoms with van der Waals surface area (Å²) in [5.41, 5.74) is 1.76. The van der Waals surface area contributed by atoms with E-state index in [4.69, 9.17) is 4.74 Å². The van der Waals surface area contributed by atoms with E-state index < -0.39 is 5.82 Å². The van der Waals surface area contributed by atoms with Crippen LogP contribution in [0.25, 0.3) is 10.8 Å². The molecule has 0 radical (unpaired) electrons. The summed E-state index contributed by atoms with van der Waals surface area (Å²) in [6, 6.07) is 18.8. The van der Waals surface area contributed by atoms with Crippen molar-refractivity contribution in [2.75, 3.05) is 43.7 Å². The van der Waals surface area contributed by atoms with Gasteiger partial charge in [0.1, 0.15) is 5.75 Å². The van der Waals surface area contributed by atoms with Crippen molar-refractivity contribution in [2.45, 2.75) is 0 Å². The number of amides is 1. The quantitative estimate of drug-likeness (QED) is 0.276. The number of rotatable bonds is 9. The lowest BCUT2D eigenvalue weighted by molar-refractivity contribution is -0.111. The van der Waals surface area contributed by atoms with E-state index in [2.05, 4.69) is 25.9 Å². The monoisotopic (exact) mass is 486 g/mol. The van der Waals surface area contributed by atoms with Crippen molar-refractivity contribution < 1.29 is 13.9 Å². The van der Waals surface area contributed by atoms with Crippen molar-refractivity contribution in [3.63, 3.8) is 0 Å². The molecule has 0 saturated heterocycles. The van der Waals surface area contributed by atoms with Crippen LogP contribution in [0.2, 0.25) is 0 Å². The van der Waals surface area contributed by atoms with Crippen molar-refractivity contribution in [3.05, 3.63) is 84.8 Å². The fraction of sp³-hybridized carbons (Fsp3) is 0.148. The molecule has 0 spiro atoms. The summed E-state index contributed by atoms with van der Waals surface area (Å²) in [7, 11) is 5.37. The third kappa shape index (κ3) is 6.34. The Balaban J connectivity index is 1.52. The minimum atomic E-state index is -0.591. The first kappa shape index (κ1) is 24.6. The number of carbonyl (C=O) groups is 1. The molecule has 0 aliphatic carbocycles. The highest BCUT2D eigenvalue weighted by molar-refractivity contribution is 5.99. The molecule has 1 amide bonds. The molecular formula is C27H27FN6O2. The van der Waals surface area contributed by atoms with E-state index >= 15 is 0 Å². The first-order chi connectivity index (χ1) is 17.4. The van der Waals surface area contributed by atoms with Gasteiger partial charge in [0.25, 0.3) is 0 Å². The topological polar surface area (TPSA) is 91.4 Å². The molecule has 1 aromatic heterocycles. The summed E-state index contributed by atoms with van der Waals surface area (Å²) in [6.07, 6.45) is 4.34. The second-order valence-electron chi connectivity index (χ2n) is 8.27. The predicted octanol–water partition coefficient (Wildman–Crippen LogP) is 5.32. The first-order valence-electron chi connectivity index (χ1n) is 11.3. The SMILES string of the molecule is COc1ccc(NC(=O)/C=C/CN(C)C)cc1Nc1ncc(F)c(Nc2ccc3ccccc3c2)n1. The molecule has 8 nitrogen and oxygen atoms in total. The highest BCUT2D eigenvalue weighted by Gasteiger charge is 2.12. The zero-order valence-corrected chi connectivity index (χ0v) is 20.2. The smallest absolute Gasteiger partial charge is 0.248 e. The molecule has 0 unspecified atom stereocenters. The van der Waals surface area contributed by atoms with Gasteiger partial charge in [-0.05, 0) is 55.2 Å². The molecule has 184 valence electrons. The molecular weight excluding hydrogens is 459 g/mol. The summed E-state index contributed by atoms with van der Waals surface area (Å²) in [6.45, 7) is 0.653. The normalized spacial score (nSPS) is 11.1. The maximum atomic E-state index is 14.5. The number of ether oxygens (including phenoxy) is 1. The predicted molar refractivity (Wildman–Crippen MR) is 142 cm³/mol. The molecule has 0 aliphatic rings. The van der Waals surface area contributed by atoms with Gasteiger partial charge in [-0.15, -0.1) is 0 Å². The Morgan fingerprint density at radius 3 is 2.58 bits per heavy atom. The van der Waals surface area contributed by atoms with Gasteiger partial charge in [0, 0.05) is 24.0 Å². The highest BCUT2D eigenvalue weighted by atomic mass is 19.1. The summed E-state index contributed by atoms with van der Waals surface area (Å²) in [4.78, 5) is 22.5. The average molecular weight is 487 g/mol. The van der Waals surface area contributed by atoms with E-state index in [-0.39, 0.29) is 17.7 Å². The van der Waals surface area contributed by atoms with Gasteiger partial charge in [-0.1, -0.05) is 36.4 Å². The van der Waals surface area contributed by atoms with Crippen molar-refractivity contribution in [1.82, 2.24) is 14.9 Å². The number of hydrogen-bond donors (Lipinski definition) is 3. The van der Waals surface area contributed by atoms with Crippen LogP contribution in [0.3, 0.4) is 0 Å². The molecule has 0 fully saturated rings. The Morgan fingerprint density at radius 1 is 1.03 bits per heavy atom. The molecule has 3 aromatic carbocycles. The number of carbonyl (C=O) groups excluding carboxylic acids is 1. The van der Waals surface area contributed by atoms with E-state index in [0.717, 1.165) is 17.0 Å². The van der Waals surface area contributed by atoms with Gasteiger partial charge in [-0.3, -0.25) is 4.79 Å². The molecule has 4 aromatic rings. The van der Waals surface area contributed by atoms with Gasteiger partial charge in [0.2, 0.25) is 11.9 Å². The zero-order chi connectivity index (χ0) is 25.5. The minimum absolute atomic E-state index is 0.0252. The summed E-state index contributed by atoms with van der Waals surface area (Å²) < 4.78 is 19.9. The van der Waals surface area contributed by atoms with Crippen molar-refractivity contribution in [2.24, 2.45) is 0 Å². The standard InChI is InChI=1S/C27H27FN6O2/c1-34(2)14-6-9-25(35)30-21-12-13-24(36-3)23(16-21)32-27-29-17-22(28)26(33-27)31-20-11-10-18-7-4-5-8-19(18)15-20/h4-13,15-17H,14H2,1-3H3,(H,30,35)(H2,29,31,32,33)/b9-6+. The minimum Gasteiger partial charge on any atom is -0.495 e. The van der Waals surface area contributed by atoms with Gasteiger partial charge >= 0.3 is 0 Å². The lowest BCUT2D eigenvalue weighted by atomic mass is 10.1. The van der Waals surface area contributed by atoms with Gasteiger partial charge < -0.3 is 25.6 Å². The Hall–Kier alpha value is -4.50. The van der Waals surface area contributed by atoms with Crippen LogP contribution in [0.5, 0.6) is 5.75 Å². The molecule has 0 saturated carbocycles. The molecule has 0 bridgehead atoms. The van der Waals surface area contributed by atoms with Crippen molar-refractivity contribution >= 4 is 45.5 Å². The number of nitrogens with zero attached hydrogens (tertiary/aromatic N) is 3. The fourth-order valence-electron chi connectivity index (χ4n) is 3.48. The lowest BCUT2D eigenvalue weighted by Crippen LogP contribution is -2.13. The number of likely N-dealkylation sites (N-methyl/N-ethyl adjacent to an activating group) is 1. The molecule has 36 heavy (non-hydrogen) atoms. The van der Waals surface area contributed by atoms with Crippen LogP contribution >= 0.6 is 0 Å². The van der Waals surface area contributed by atoms with E-state index in [9.17, 15) is 9.18 Å². The average Bonchev–Trinajstić information content (AvgIpc) is 2.86. The van der Waals surface area contributed by atoms with E-state index in [1.54, 1.807) is 24.3 Å². The highest BCUT2D eigenvalue weighted by Crippen LogP contribution is 2.30. The molecule has 4 rings (SSSR count). The van der Waals surface area contributed by atoms with Crippen LogP contribution in [0.1, 0.15) is 0 Å². The Kier molecular flexibility index (Phi) is 7.72. The van der Waals surface area contributed by atoms with Gasteiger partial charge in [-0.2, -0.15) is 4.98 Å². The number of nitrogens with one attached hydrogen (secondary N) is 3. The van der Waals surface area contributed by atoms with E-state index in [1.807, 2.05) is 61.5 Å². The Bertz CT molecular complexity index is 1410. The van der Waals surface area contributed by atoms with Crippen molar-refractivity contribution in [1.29, 1.82) is 0 Å². The molecule has 1 heterocycles. The molecule has 0 aliphatic heterocycles. The Labute approximate surface area is 208 Å². The van der Waals surface area contributed by atoms with Gasteiger partial charge in [-0.25, -0.2) is 9.37 Å². The van der Waals surface area contributed by atoms with Gasteiger partial charge in [0.15, 0.2) is 11.6 Å². The molecule has 0 atom stereocenters. The number of fused-ring (bicyclic) bond motifs is 1. The largest absolute Gasteiger partial charge is 0.495 e. The van der Waals surface area contributed by atoms with E-state index in [1.165, 1.54) is 13.2 Å². The maximum absolute atomic E-state index is 14.5. The number of benzene rings is 3. The maximum Gasteiger partial charge on any atom is 0.248 e. The molecule has 9 heteroatoms. The fourth-order valence-corrected chi connectivity index (χ4v) is 3.48. The second-order valence-corrected chi connectivity index (χ2v) is 8.27. The van der Waals surface area contributed by atoms with Crippen LogP contribution in [0.4, 0.5) is 33.2 Å². The number of aromatic nitrogens is 2. The number of hydrogen-bond acceptors (Lipinski definition) is 7. The van der Waals surface area contributed by atoms with Crippen LogP contribution in [0.15, 0.2) is 79.0 Å². The van der Waals surface area contributed by atoms with Gasteiger partial charge in [0.05, 0.1) is 19.0 Å². The summed E-state index contributed by atoms with van der Waals surface area (Å²) in [5.74, 6) is -0.156. The number of anilines is 5. The molecule has 3 N–H and O–H groups in total. The number of methoxy groups -OCH3 is 1.